The molecule has 0 aliphatic heterocycles. The molecule has 34 heavy (non-hydrogen) atoms. The van der Waals surface area contributed by atoms with Crippen LogP contribution in [0.3, 0.4) is 0 Å². The molecule has 2 aliphatic carbocycles. The van der Waals surface area contributed by atoms with E-state index in [9.17, 15) is 19.2 Å². The monoisotopic (exact) mass is 483 g/mol. The molecule has 0 aromatic carbocycles. The summed E-state index contributed by atoms with van der Waals surface area (Å²) in [5.74, 6) is 0.561. The van der Waals surface area contributed by atoms with Crippen LogP contribution < -0.4 is 5.32 Å². The van der Waals surface area contributed by atoms with Crippen molar-refractivity contribution in [2.75, 3.05) is 7.05 Å². The maximum atomic E-state index is 11.7. The van der Waals surface area contributed by atoms with E-state index in [0.717, 1.165) is 51.4 Å². The summed E-state index contributed by atoms with van der Waals surface area (Å²) in [5, 5.41) is 11.4. The lowest BCUT2D eigenvalue weighted by Crippen LogP contribution is -2.24. The van der Waals surface area contributed by atoms with Gasteiger partial charge >= 0.3 is 5.97 Å². The van der Waals surface area contributed by atoms with Crippen LogP contribution in [0.15, 0.2) is 0 Å². The summed E-state index contributed by atoms with van der Waals surface area (Å²) in [6.45, 7) is 8.30. The molecule has 2 N–H and O–H groups in total. The Labute approximate surface area is 209 Å². The first kappa shape index (κ1) is 34.4. The van der Waals surface area contributed by atoms with Gasteiger partial charge in [0.15, 0.2) is 0 Å². The molecule has 6 heteroatoms. The van der Waals surface area contributed by atoms with Crippen LogP contribution in [0.25, 0.3) is 0 Å². The molecule has 0 aromatic rings. The second kappa shape index (κ2) is 20.6. The Balaban J connectivity index is 0. The first-order valence-electron chi connectivity index (χ1n) is 13.3. The minimum absolute atomic E-state index is 0. The Kier molecular flexibility index (Phi) is 20.9. The zero-order valence-electron chi connectivity index (χ0n) is 21.8. The lowest BCUT2D eigenvalue weighted by molar-refractivity contribution is -0.138. The third-order valence-corrected chi connectivity index (χ3v) is 6.89. The molecule has 0 spiro atoms. The van der Waals surface area contributed by atoms with Crippen LogP contribution in [0.5, 0.6) is 0 Å². The van der Waals surface area contributed by atoms with E-state index >= 15 is 0 Å². The minimum Gasteiger partial charge on any atom is -0.481 e. The molecule has 200 valence electrons. The van der Waals surface area contributed by atoms with Crippen molar-refractivity contribution >= 4 is 23.4 Å². The molecular formula is C28H53NO5. The van der Waals surface area contributed by atoms with E-state index in [0.29, 0.717) is 31.0 Å². The lowest BCUT2D eigenvalue weighted by atomic mass is 9.88. The Bertz CT molecular complexity index is 589. The van der Waals surface area contributed by atoms with Crippen molar-refractivity contribution in [2.45, 2.75) is 125 Å². The van der Waals surface area contributed by atoms with Gasteiger partial charge in [0.2, 0.25) is 5.91 Å². The highest BCUT2D eigenvalue weighted by Gasteiger charge is 2.35. The van der Waals surface area contributed by atoms with E-state index in [1.807, 2.05) is 13.8 Å². The third-order valence-electron chi connectivity index (χ3n) is 6.89. The number of rotatable bonds is 12. The summed E-state index contributed by atoms with van der Waals surface area (Å²) in [6.07, 6.45) is 12.4. The molecule has 1 amide bonds. The lowest BCUT2D eigenvalue weighted by Gasteiger charge is -2.17. The molecule has 0 heterocycles. The molecule has 2 saturated carbocycles. The third kappa shape index (κ3) is 13.2. The van der Waals surface area contributed by atoms with E-state index in [-0.39, 0.29) is 43.3 Å². The smallest absolute Gasteiger partial charge is 0.303 e. The van der Waals surface area contributed by atoms with Gasteiger partial charge in [-0.3, -0.25) is 19.2 Å². The number of carbonyl (C=O) groups is 4. The SMILES string of the molecule is C.CC.CCCCCC1C(=O)CCC1CC(=O)NC.CCCCCC1C(=O)CCC1CC(=O)O. The number of hydrogen-bond donors (Lipinski definition) is 2. The van der Waals surface area contributed by atoms with Crippen LogP contribution >= 0.6 is 0 Å². The molecule has 6 nitrogen and oxygen atoms in total. The van der Waals surface area contributed by atoms with Crippen molar-refractivity contribution < 1.29 is 24.3 Å². The van der Waals surface area contributed by atoms with E-state index in [1.165, 1.54) is 12.8 Å². The zero-order valence-corrected chi connectivity index (χ0v) is 21.8. The molecule has 4 unspecified atom stereocenters. The predicted molar refractivity (Wildman–Crippen MR) is 140 cm³/mol. The Morgan fingerprint density at radius 1 is 0.824 bits per heavy atom. The van der Waals surface area contributed by atoms with Gasteiger partial charge in [0.25, 0.3) is 0 Å². The largest absolute Gasteiger partial charge is 0.481 e. The molecule has 2 fully saturated rings. The first-order chi connectivity index (χ1) is 15.8. The van der Waals surface area contributed by atoms with Crippen LogP contribution in [0.2, 0.25) is 0 Å². The molecule has 0 radical (unpaired) electrons. The topological polar surface area (TPSA) is 101 Å². The van der Waals surface area contributed by atoms with E-state index in [4.69, 9.17) is 5.11 Å². The van der Waals surface area contributed by atoms with Crippen molar-refractivity contribution in [3.63, 3.8) is 0 Å². The molecule has 0 saturated heterocycles. The average molecular weight is 484 g/mol. The molecule has 2 rings (SSSR count). The normalized spacial score (nSPS) is 23.2. The van der Waals surface area contributed by atoms with Gasteiger partial charge in [-0.05, 0) is 37.5 Å². The minimum atomic E-state index is -0.768. The fourth-order valence-electron chi connectivity index (χ4n) is 5.03. The van der Waals surface area contributed by atoms with Gasteiger partial charge < -0.3 is 10.4 Å². The van der Waals surface area contributed by atoms with E-state index < -0.39 is 5.97 Å². The molecular weight excluding hydrogens is 430 g/mol. The standard InChI is InChI=1S/C13H23NO2.C12H20O3.C2H6.CH4/c1-3-4-5-6-11-10(7-8-12(11)15)9-13(16)14-2;1-2-3-4-5-10-9(8-12(14)15)6-7-11(10)13;1-2;/h10-11H,3-9H2,1-2H3,(H,14,16);9-10H,2-8H2,1H3,(H,14,15);1-2H3;1H4. The molecule has 0 aromatic heterocycles. The number of Topliss-reactive ketones (excluding diaryl/α,β-unsaturated/α-hetero) is 2. The molecule has 0 bridgehead atoms. The van der Waals surface area contributed by atoms with Crippen LogP contribution in [-0.2, 0) is 19.2 Å². The van der Waals surface area contributed by atoms with Crippen LogP contribution in [0, 0.1) is 23.7 Å². The predicted octanol–water partition coefficient (Wildman–Crippen LogP) is 6.60. The van der Waals surface area contributed by atoms with Crippen molar-refractivity contribution in [3.05, 3.63) is 0 Å². The Morgan fingerprint density at radius 3 is 1.59 bits per heavy atom. The highest BCUT2D eigenvalue weighted by molar-refractivity contribution is 5.85. The average Bonchev–Trinajstić information content (AvgIpc) is 3.32. The van der Waals surface area contributed by atoms with Gasteiger partial charge in [-0.25, -0.2) is 0 Å². The number of amides is 1. The number of hydrogen-bond acceptors (Lipinski definition) is 4. The van der Waals surface area contributed by atoms with Crippen LogP contribution in [0.1, 0.15) is 125 Å². The summed E-state index contributed by atoms with van der Waals surface area (Å²) in [6, 6.07) is 0. The molecule has 4 atom stereocenters. The zero-order chi connectivity index (χ0) is 25.2. The number of aliphatic carboxylic acids is 1. The maximum Gasteiger partial charge on any atom is 0.303 e. The quantitative estimate of drug-likeness (QED) is 0.305. The van der Waals surface area contributed by atoms with Gasteiger partial charge in [0.05, 0.1) is 0 Å². The number of carbonyl (C=O) groups excluding carboxylic acids is 3. The van der Waals surface area contributed by atoms with Crippen molar-refractivity contribution in [2.24, 2.45) is 23.7 Å². The number of carboxylic acid groups (broad SMARTS) is 1. The number of nitrogens with one attached hydrogen (secondary N) is 1. The summed E-state index contributed by atoms with van der Waals surface area (Å²) in [5.41, 5.74) is 0. The fraction of sp³-hybridized carbons (Fsp3) is 0.857. The van der Waals surface area contributed by atoms with Gasteiger partial charge in [-0.2, -0.15) is 0 Å². The summed E-state index contributed by atoms with van der Waals surface area (Å²) < 4.78 is 0. The van der Waals surface area contributed by atoms with Gasteiger partial charge in [0, 0.05) is 44.6 Å². The summed E-state index contributed by atoms with van der Waals surface area (Å²) in [7, 11) is 1.66. The van der Waals surface area contributed by atoms with Gasteiger partial charge in [0.1, 0.15) is 11.6 Å². The Hall–Kier alpha value is -1.72. The second-order valence-corrected chi connectivity index (χ2v) is 9.21. The van der Waals surface area contributed by atoms with Gasteiger partial charge in [-0.15, -0.1) is 0 Å². The first-order valence-corrected chi connectivity index (χ1v) is 13.3. The van der Waals surface area contributed by atoms with Crippen molar-refractivity contribution in [3.8, 4) is 0 Å². The Morgan fingerprint density at radius 2 is 1.24 bits per heavy atom. The van der Waals surface area contributed by atoms with Gasteiger partial charge in [-0.1, -0.05) is 73.6 Å². The summed E-state index contributed by atoms with van der Waals surface area (Å²) >= 11 is 0. The van der Waals surface area contributed by atoms with Crippen molar-refractivity contribution in [1.29, 1.82) is 0 Å². The van der Waals surface area contributed by atoms with E-state index in [2.05, 4.69) is 19.2 Å². The maximum absolute atomic E-state index is 11.7. The van der Waals surface area contributed by atoms with Crippen LogP contribution in [-0.4, -0.2) is 35.6 Å². The van der Waals surface area contributed by atoms with Crippen LogP contribution in [0.4, 0.5) is 0 Å². The second-order valence-electron chi connectivity index (χ2n) is 9.21. The van der Waals surface area contributed by atoms with E-state index in [1.54, 1.807) is 7.05 Å². The summed E-state index contributed by atoms with van der Waals surface area (Å²) in [4.78, 5) is 45.2. The number of carboxylic acids is 1. The fourth-order valence-corrected chi connectivity index (χ4v) is 5.03. The molecule has 2 aliphatic rings. The van der Waals surface area contributed by atoms with Crippen molar-refractivity contribution in [1.82, 2.24) is 5.32 Å². The number of unbranched alkanes of at least 4 members (excludes halogenated alkanes) is 4. The highest BCUT2D eigenvalue weighted by Crippen LogP contribution is 2.35. The highest BCUT2D eigenvalue weighted by atomic mass is 16.4. The number of ketones is 2.